The zero-order valence-electron chi connectivity index (χ0n) is 30.2. The van der Waals surface area contributed by atoms with Crippen LogP contribution < -0.4 is 4.90 Å². The highest BCUT2D eigenvalue weighted by molar-refractivity contribution is 6.19. The molecule has 0 fully saturated rings. The number of anilines is 3. The first-order valence-electron chi connectivity index (χ1n) is 18.3. The van der Waals surface area contributed by atoms with Gasteiger partial charge in [0.1, 0.15) is 22.3 Å². The number of fused-ring (bicyclic) bond motifs is 8. The standard InChI is InChI=1S/C46H29NO2/c1-2-10-30(11-3-1)31-20-25-34(26-21-31)47(41-17-9-19-43-44(41)40-29-24-32-12-4-5-13-36(32)46(40)49-43)35-27-22-33(23-28-35)37-15-8-16-39-38-14-6-7-18-42(38)48-45(37)39/h1-29H/i20D,21D,25D,26D. The van der Waals surface area contributed by atoms with Gasteiger partial charge in [-0.15, -0.1) is 0 Å². The molecule has 0 radical (unpaired) electrons. The predicted octanol–water partition coefficient (Wildman–Crippen LogP) is 13.4. The van der Waals surface area contributed by atoms with Crippen molar-refractivity contribution in [1.82, 2.24) is 0 Å². The summed E-state index contributed by atoms with van der Waals surface area (Å²) in [5, 5.41) is 5.85. The predicted molar refractivity (Wildman–Crippen MR) is 204 cm³/mol. The molecule has 0 aliphatic carbocycles. The summed E-state index contributed by atoms with van der Waals surface area (Å²) in [5.41, 5.74) is 7.30. The first-order chi connectivity index (χ1) is 26.0. The van der Waals surface area contributed by atoms with Crippen molar-refractivity contribution in [2.45, 2.75) is 0 Å². The second kappa shape index (κ2) is 11.0. The fraction of sp³-hybridized carbons (Fsp3) is 0. The van der Waals surface area contributed by atoms with Crippen molar-refractivity contribution < 1.29 is 14.3 Å². The average molecular weight is 632 g/mol. The van der Waals surface area contributed by atoms with E-state index in [9.17, 15) is 5.48 Å². The molecule has 10 rings (SSSR count). The van der Waals surface area contributed by atoms with E-state index in [-0.39, 0.29) is 35.4 Å². The molecule has 2 heterocycles. The molecule has 0 saturated heterocycles. The summed E-state index contributed by atoms with van der Waals surface area (Å²) >= 11 is 0. The second-order valence-electron chi connectivity index (χ2n) is 12.2. The Morgan fingerprint density at radius 1 is 0.408 bits per heavy atom. The van der Waals surface area contributed by atoms with Crippen LogP contribution in [0.15, 0.2) is 185 Å². The Kier molecular flexibility index (Phi) is 5.32. The molecule has 49 heavy (non-hydrogen) atoms. The molecule has 0 aliphatic rings. The van der Waals surface area contributed by atoms with Crippen LogP contribution in [0.1, 0.15) is 5.48 Å². The van der Waals surface area contributed by atoms with Gasteiger partial charge in [0.25, 0.3) is 0 Å². The van der Waals surface area contributed by atoms with Gasteiger partial charge in [0, 0.05) is 38.5 Å². The quantitative estimate of drug-likeness (QED) is 0.189. The van der Waals surface area contributed by atoms with Crippen LogP contribution in [0.4, 0.5) is 17.1 Å². The normalized spacial score (nSPS) is 12.8. The van der Waals surface area contributed by atoms with Gasteiger partial charge in [-0.2, -0.15) is 0 Å². The highest BCUT2D eigenvalue weighted by Crippen LogP contribution is 2.45. The monoisotopic (exact) mass is 631 g/mol. The van der Waals surface area contributed by atoms with Crippen molar-refractivity contribution in [2.75, 3.05) is 4.90 Å². The van der Waals surface area contributed by atoms with Crippen molar-refractivity contribution in [3.05, 3.63) is 176 Å². The zero-order chi connectivity index (χ0) is 35.8. The summed E-state index contributed by atoms with van der Waals surface area (Å²) in [6, 6.07) is 48.8. The van der Waals surface area contributed by atoms with E-state index < -0.39 is 0 Å². The Morgan fingerprint density at radius 2 is 1.10 bits per heavy atom. The first-order valence-corrected chi connectivity index (χ1v) is 16.3. The fourth-order valence-electron chi connectivity index (χ4n) is 7.04. The summed E-state index contributed by atoms with van der Waals surface area (Å²) in [6.07, 6.45) is 0. The first kappa shape index (κ1) is 23.7. The maximum Gasteiger partial charge on any atom is 0.143 e. The topological polar surface area (TPSA) is 29.5 Å². The minimum Gasteiger partial charge on any atom is -0.455 e. The van der Waals surface area contributed by atoms with Crippen molar-refractivity contribution >= 4 is 71.7 Å². The highest BCUT2D eigenvalue weighted by atomic mass is 16.3. The van der Waals surface area contributed by atoms with Crippen LogP contribution >= 0.6 is 0 Å². The van der Waals surface area contributed by atoms with Crippen LogP contribution in [0.3, 0.4) is 0 Å². The lowest BCUT2D eigenvalue weighted by atomic mass is 10.0. The molecule has 10 aromatic rings. The summed E-state index contributed by atoms with van der Waals surface area (Å²) in [4.78, 5) is 1.84. The molecule has 3 nitrogen and oxygen atoms in total. The van der Waals surface area contributed by atoms with Gasteiger partial charge in [-0.1, -0.05) is 127 Å². The van der Waals surface area contributed by atoms with Gasteiger partial charge in [-0.05, 0) is 70.6 Å². The van der Waals surface area contributed by atoms with Crippen molar-refractivity contribution in [3.8, 4) is 22.3 Å². The lowest BCUT2D eigenvalue weighted by Crippen LogP contribution is -2.10. The van der Waals surface area contributed by atoms with Gasteiger partial charge >= 0.3 is 0 Å². The van der Waals surface area contributed by atoms with E-state index in [4.69, 9.17) is 8.83 Å². The van der Waals surface area contributed by atoms with E-state index in [2.05, 4.69) is 30.3 Å². The van der Waals surface area contributed by atoms with E-state index in [1.54, 1.807) is 0 Å². The van der Waals surface area contributed by atoms with E-state index in [1.165, 1.54) is 0 Å². The Hall–Kier alpha value is -6.58. The Balaban J connectivity index is 1.22. The molecule has 0 aliphatic heterocycles. The molecule has 8 aromatic carbocycles. The van der Waals surface area contributed by atoms with Crippen molar-refractivity contribution in [2.24, 2.45) is 0 Å². The molecule has 0 unspecified atom stereocenters. The Morgan fingerprint density at radius 3 is 1.96 bits per heavy atom. The van der Waals surface area contributed by atoms with Crippen LogP contribution in [0.2, 0.25) is 0 Å². The van der Waals surface area contributed by atoms with Gasteiger partial charge in [0.15, 0.2) is 0 Å². The molecule has 0 spiro atoms. The molecule has 0 atom stereocenters. The summed E-state index contributed by atoms with van der Waals surface area (Å²) in [5.74, 6) is 0. The van der Waals surface area contributed by atoms with E-state index in [0.717, 1.165) is 60.2 Å². The Labute approximate surface area is 288 Å². The number of para-hydroxylation sites is 2. The maximum atomic E-state index is 9.45. The van der Waals surface area contributed by atoms with Crippen LogP contribution in [-0.2, 0) is 0 Å². The highest BCUT2D eigenvalue weighted by Gasteiger charge is 2.21. The molecular weight excluding hydrogens is 599 g/mol. The van der Waals surface area contributed by atoms with Gasteiger partial charge in [0.05, 0.1) is 16.6 Å². The molecule has 3 heteroatoms. The number of hydrogen-bond acceptors (Lipinski definition) is 3. The van der Waals surface area contributed by atoms with Crippen LogP contribution in [0.25, 0.3) is 76.9 Å². The molecule has 0 saturated carbocycles. The van der Waals surface area contributed by atoms with Crippen molar-refractivity contribution in [1.29, 1.82) is 0 Å². The minimum absolute atomic E-state index is 0.111. The van der Waals surface area contributed by atoms with Crippen LogP contribution in [0, 0.1) is 0 Å². The van der Waals surface area contributed by atoms with Crippen molar-refractivity contribution in [3.63, 3.8) is 0 Å². The maximum absolute atomic E-state index is 9.45. The molecule has 0 bridgehead atoms. The van der Waals surface area contributed by atoms with Gasteiger partial charge in [0.2, 0.25) is 0 Å². The summed E-state index contributed by atoms with van der Waals surface area (Å²) in [7, 11) is 0. The molecular formula is C46H29NO2. The third-order valence-electron chi connectivity index (χ3n) is 9.34. The SMILES string of the molecule is [2H]c1c([2H])c(N(c2ccc(-c3cccc4c3oc3ccccc34)cc2)c2cccc3oc4c5ccccc5ccc4c23)c([2H])c([2H])c1-c1ccccc1. The van der Waals surface area contributed by atoms with E-state index >= 15 is 0 Å². The third kappa shape index (κ3) is 4.44. The number of nitrogens with zero attached hydrogens (tertiary/aromatic N) is 1. The van der Waals surface area contributed by atoms with E-state index in [0.29, 0.717) is 22.5 Å². The summed E-state index contributed by atoms with van der Waals surface area (Å²) in [6.45, 7) is 0. The molecule has 0 amide bonds. The molecule has 230 valence electrons. The van der Waals surface area contributed by atoms with Crippen LogP contribution in [-0.4, -0.2) is 0 Å². The van der Waals surface area contributed by atoms with Gasteiger partial charge in [-0.3, -0.25) is 0 Å². The average Bonchev–Trinajstić information content (AvgIpc) is 3.79. The number of rotatable bonds is 5. The minimum atomic E-state index is -0.142. The number of furan rings is 2. The third-order valence-corrected chi connectivity index (χ3v) is 9.34. The van der Waals surface area contributed by atoms with Gasteiger partial charge in [-0.25, -0.2) is 0 Å². The van der Waals surface area contributed by atoms with E-state index in [1.807, 2.05) is 126 Å². The zero-order valence-corrected chi connectivity index (χ0v) is 26.2. The lowest BCUT2D eigenvalue weighted by molar-refractivity contribution is 0.670. The second-order valence-corrected chi connectivity index (χ2v) is 12.2. The molecule has 0 N–H and O–H groups in total. The summed E-state index contributed by atoms with van der Waals surface area (Å²) < 4.78 is 50.2. The van der Waals surface area contributed by atoms with Gasteiger partial charge < -0.3 is 13.7 Å². The van der Waals surface area contributed by atoms with Crippen LogP contribution in [0.5, 0.6) is 0 Å². The Bertz CT molecular complexity index is 3030. The largest absolute Gasteiger partial charge is 0.455 e. The molecule has 2 aromatic heterocycles. The fourth-order valence-corrected chi connectivity index (χ4v) is 7.04. The lowest BCUT2D eigenvalue weighted by Gasteiger charge is -2.26. The number of hydrogen-bond donors (Lipinski definition) is 0. The number of benzene rings is 8. The smallest absolute Gasteiger partial charge is 0.143 e.